The molecule has 2 rings (SSSR count). The molecule has 2 heterocycles. The number of nitrogens with two attached hydrogens (primary N) is 1. The minimum atomic E-state index is -2.85. The number of piperidine rings is 1. The van der Waals surface area contributed by atoms with Crippen molar-refractivity contribution in [2.45, 2.75) is 37.8 Å². The van der Waals surface area contributed by atoms with E-state index in [0.29, 0.717) is 24.9 Å². The quantitative estimate of drug-likeness (QED) is 0.723. The molecule has 3 N–H and O–H groups in total. The zero-order valence-corrected chi connectivity index (χ0v) is 11.3. The first-order chi connectivity index (χ1) is 8.46. The molecule has 2 fully saturated rings. The maximum absolute atomic E-state index is 11.5. The van der Waals surface area contributed by atoms with Crippen LogP contribution in [0.5, 0.6) is 0 Å². The number of primary amides is 1. The third kappa shape index (κ3) is 3.58. The van der Waals surface area contributed by atoms with Gasteiger partial charge in [-0.25, -0.2) is 13.2 Å². The molecular weight excluding hydrogens is 254 g/mol. The Kier molecular flexibility index (Phi) is 4.11. The number of amides is 2. The monoisotopic (exact) mass is 275 g/mol. The van der Waals surface area contributed by atoms with E-state index in [-0.39, 0.29) is 17.8 Å². The molecule has 18 heavy (non-hydrogen) atoms. The summed E-state index contributed by atoms with van der Waals surface area (Å²) in [6.45, 7) is 1.32. The lowest BCUT2D eigenvalue weighted by Crippen LogP contribution is -2.51. The molecular formula is C11H21N3O3S. The second-order valence-corrected chi connectivity index (χ2v) is 7.45. The number of nitrogens with one attached hydrogen (secondary N) is 1. The Morgan fingerprint density at radius 2 is 1.83 bits per heavy atom. The van der Waals surface area contributed by atoms with Crippen molar-refractivity contribution < 1.29 is 13.2 Å². The summed E-state index contributed by atoms with van der Waals surface area (Å²) in [5.74, 6) is 0.578. The number of sulfone groups is 1. The third-order valence-electron chi connectivity index (χ3n) is 3.74. The highest BCUT2D eigenvalue weighted by Crippen LogP contribution is 2.16. The Morgan fingerprint density at radius 1 is 1.17 bits per heavy atom. The molecule has 0 spiro atoms. The minimum Gasteiger partial charge on any atom is -0.351 e. The first-order valence-corrected chi connectivity index (χ1v) is 8.29. The molecule has 6 nitrogen and oxygen atoms in total. The van der Waals surface area contributed by atoms with Gasteiger partial charge in [0.2, 0.25) is 0 Å². The van der Waals surface area contributed by atoms with Crippen LogP contribution in [0.2, 0.25) is 0 Å². The molecule has 7 heteroatoms. The van der Waals surface area contributed by atoms with Gasteiger partial charge in [-0.15, -0.1) is 0 Å². The zero-order valence-electron chi connectivity index (χ0n) is 10.5. The molecule has 2 saturated heterocycles. The SMILES string of the molecule is NC(=O)N1CCC(NC2CCCS(=O)(=O)C2)CC1. The standard InChI is InChI=1S/C11H21N3O3S/c12-11(15)14-5-3-9(4-6-14)13-10-2-1-7-18(16,17)8-10/h9-10,13H,1-8H2,(H2,12,15). The summed E-state index contributed by atoms with van der Waals surface area (Å²) in [4.78, 5) is 12.6. The number of hydrogen-bond acceptors (Lipinski definition) is 4. The van der Waals surface area contributed by atoms with E-state index < -0.39 is 9.84 Å². The Labute approximate surface area is 108 Å². The smallest absolute Gasteiger partial charge is 0.314 e. The van der Waals surface area contributed by atoms with Gasteiger partial charge in [-0.2, -0.15) is 0 Å². The van der Waals surface area contributed by atoms with Gasteiger partial charge in [0.05, 0.1) is 11.5 Å². The van der Waals surface area contributed by atoms with Crippen LogP contribution < -0.4 is 11.1 Å². The van der Waals surface area contributed by atoms with Gasteiger partial charge in [0.25, 0.3) is 0 Å². The lowest BCUT2D eigenvalue weighted by atomic mass is 10.0. The van der Waals surface area contributed by atoms with Crippen molar-refractivity contribution in [3.05, 3.63) is 0 Å². The molecule has 0 aromatic carbocycles. The van der Waals surface area contributed by atoms with Gasteiger partial charge in [-0.3, -0.25) is 0 Å². The van der Waals surface area contributed by atoms with E-state index in [0.717, 1.165) is 25.7 Å². The molecule has 2 aliphatic rings. The third-order valence-corrected chi connectivity index (χ3v) is 5.56. The summed E-state index contributed by atoms with van der Waals surface area (Å²) in [6.07, 6.45) is 3.37. The normalized spacial score (nSPS) is 29.1. The molecule has 0 aromatic heterocycles. The number of likely N-dealkylation sites (tertiary alicyclic amines) is 1. The van der Waals surface area contributed by atoms with E-state index in [1.165, 1.54) is 0 Å². The number of nitrogens with zero attached hydrogens (tertiary/aromatic N) is 1. The molecule has 0 aromatic rings. The zero-order chi connectivity index (χ0) is 13.2. The lowest BCUT2D eigenvalue weighted by molar-refractivity contribution is 0.182. The summed E-state index contributed by atoms with van der Waals surface area (Å²) in [5.41, 5.74) is 5.22. The number of urea groups is 1. The van der Waals surface area contributed by atoms with E-state index in [9.17, 15) is 13.2 Å². The fourth-order valence-electron chi connectivity index (χ4n) is 2.75. The average molecular weight is 275 g/mol. The van der Waals surface area contributed by atoms with E-state index in [1.54, 1.807) is 4.90 Å². The van der Waals surface area contributed by atoms with Crippen LogP contribution in [0.3, 0.4) is 0 Å². The van der Waals surface area contributed by atoms with Crippen LogP contribution in [0.1, 0.15) is 25.7 Å². The summed E-state index contributed by atoms with van der Waals surface area (Å²) in [5, 5.41) is 3.41. The second-order valence-electron chi connectivity index (χ2n) is 5.22. The first kappa shape index (κ1) is 13.6. The number of rotatable bonds is 2. The van der Waals surface area contributed by atoms with Crippen LogP contribution in [-0.2, 0) is 9.84 Å². The topological polar surface area (TPSA) is 92.5 Å². The van der Waals surface area contributed by atoms with Crippen LogP contribution in [0.4, 0.5) is 4.79 Å². The molecule has 0 saturated carbocycles. The second kappa shape index (κ2) is 5.44. The number of hydrogen-bond donors (Lipinski definition) is 2. The van der Waals surface area contributed by atoms with Crippen molar-refractivity contribution in [3.8, 4) is 0 Å². The van der Waals surface area contributed by atoms with E-state index in [1.807, 2.05) is 0 Å². The highest BCUT2D eigenvalue weighted by Gasteiger charge is 2.28. The summed E-state index contributed by atoms with van der Waals surface area (Å²) >= 11 is 0. The van der Waals surface area contributed by atoms with Crippen LogP contribution in [0.15, 0.2) is 0 Å². The predicted octanol–water partition coefficient (Wildman–Crippen LogP) is -0.304. The van der Waals surface area contributed by atoms with Gasteiger partial charge in [0.1, 0.15) is 0 Å². The Bertz CT molecular complexity index is 402. The Morgan fingerprint density at radius 3 is 2.39 bits per heavy atom. The Balaban J connectivity index is 1.79. The first-order valence-electron chi connectivity index (χ1n) is 6.47. The van der Waals surface area contributed by atoms with Crippen molar-refractivity contribution >= 4 is 15.9 Å². The fourth-order valence-corrected chi connectivity index (χ4v) is 4.40. The van der Waals surface area contributed by atoms with Crippen molar-refractivity contribution in [2.24, 2.45) is 5.73 Å². The van der Waals surface area contributed by atoms with Crippen LogP contribution in [0.25, 0.3) is 0 Å². The predicted molar refractivity (Wildman–Crippen MR) is 69.0 cm³/mol. The molecule has 1 unspecified atom stereocenters. The van der Waals surface area contributed by atoms with Gasteiger partial charge < -0.3 is 16.0 Å². The molecule has 0 aliphatic carbocycles. The van der Waals surface area contributed by atoms with E-state index in [2.05, 4.69) is 5.32 Å². The van der Waals surface area contributed by atoms with Gasteiger partial charge in [-0.05, 0) is 25.7 Å². The van der Waals surface area contributed by atoms with Crippen LogP contribution in [0, 0.1) is 0 Å². The molecule has 0 bridgehead atoms. The number of carbonyl (C=O) groups excluding carboxylic acids is 1. The molecule has 104 valence electrons. The van der Waals surface area contributed by atoms with Crippen LogP contribution in [-0.4, -0.2) is 56.0 Å². The maximum Gasteiger partial charge on any atom is 0.314 e. The lowest BCUT2D eigenvalue weighted by Gasteiger charge is -2.34. The minimum absolute atomic E-state index is 0.0777. The van der Waals surface area contributed by atoms with Gasteiger partial charge >= 0.3 is 6.03 Å². The highest BCUT2D eigenvalue weighted by atomic mass is 32.2. The van der Waals surface area contributed by atoms with Crippen molar-refractivity contribution in [2.75, 3.05) is 24.6 Å². The largest absolute Gasteiger partial charge is 0.351 e. The van der Waals surface area contributed by atoms with Crippen molar-refractivity contribution in [3.63, 3.8) is 0 Å². The van der Waals surface area contributed by atoms with Gasteiger partial charge in [-0.1, -0.05) is 0 Å². The highest BCUT2D eigenvalue weighted by molar-refractivity contribution is 7.91. The molecule has 2 amide bonds. The Hall–Kier alpha value is -0.820. The number of carbonyl (C=O) groups is 1. The van der Waals surface area contributed by atoms with Crippen LogP contribution >= 0.6 is 0 Å². The van der Waals surface area contributed by atoms with E-state index in [4.69, 9.17) is 5.73 Å². The van der Waals surface area contributed by atoms with Crippen molar-refractivity contribution in [1.29, 1.82) is 0 Å². The molecule has 0 radical (unpaired) electrons. The van der Waals surface area contributed by atoms with Gasteiger partial charge in [0.15, 0.2) is 9.84 Å². The van der Waals surface area contributed by atoms with E-state index >= 15 is 0 Å². The van der Waals surface area contributed by atoms with Crippen molar-refractivity contribution in [1.82, 2.24) is 10.2 Å². The summed E-state index contributed by atoms with van der Waals surface area (Å²) < 4.78 is 23.1. The maximum atomic E-state index is 11.5. The summed E-state index contributed by atoms with van der Waals surface area (Å²) in [7, 11) is -2.85. The van der Waals surface area contributed by atoms with Gasteiger partial charge in [0, 0.05) is 25.2 Å². The summed E-state index contributed by atoms with van der Waals surface area (Å²) in [6, 6.07) is 0.0153. The molecule has 1 atom stereocenters. The molecule has 2 aliphatic heterocycles. The average Bonchev–Trinajstić information content (AvgIpc) is 2.28. The fraction of sp³-hybridized carbons (Fsp3) is 0.909.